The van der Waals surface area contributed by atoms with Gasteiger partial charge in [-0.05, 0) is 43.4 Å². The third-order valence-electron chi connectivity index (χ3n) is 4.90. The van der Waals surface area contributed by atoms with Gasteiger partial charge in [0, 0.05) is 18.5 Å². The van der Waals surface area contributed by atoms with Crippen LogP contribution in [-0.4, -0.2) is 34.5 Å². The van der Waals surface area contributed by atoms with Crippen LogP contribution < -0.4 is 0 Å². The molecule has 4 heteroatoms. The highest BCUT2D eigenvalue weighted by molar-refractivity contribution is 5.80. The van der Waals surface area contributed by atoms with Crippen LogP contribution in [-0.2, 0) is 9.59 Å². The summed E-state index contributed by atoms with van der Waals surface area (Å²) in [5.41, 5.74) is 0.214. The number of carbonyl (C=O) groups excluding carboxylic acids is 1. The predicted molar refractivity (Wildman–Crippen MR) is 81.8 cm³/mol. The molecule has 0 aromatic heterocycles. The Morgan fingerprint density at radius 3 is 2.38 bits per heavy atom. The summed E-state index contributed by atoms with van der Waals surface area (Å²) in [6.45, 7) is 8.76. The van der Waals surface area contributed by atoms with E-state index in [0.29, 0.717) is 18.5 Å². The maximum Gasteiger partial charge on any atom is 0.308 e. The monoisotopic (exact) mass is 295 g/mol. The van der Waals surface area contributed by atoms with E-state index in [2.05, 4.69) is 20.8 Å². The third kappa shape index (κ3) is 4.21. The number of carbonyl (C=O) groups is 2. The van der Waals surface area contributed by atoms with Gasteiger partial charge in [-0.2, -0.15) is 0 Å². The van der Waals surface area contributed by atoms with Crippen LogP contribution in [0.4, 0.5) is 0 Å². The van der Waals surface area contributed by atoms with Crippen molar-refractivity contribution in [2.75, 3.05) is 6.54 Å². The SMILES string of the molecule is CC1CC(C(=O)N(CC(C)C(=O)O)C2CC2)CC(C)(C)C1. The molecule has 0 aromatic rings. The fourth-order valence-corrected chi connectivity index (χ4v) is 3.95. The lowest BCUT2D eigenvalue weighted by Crippen LogP contribution is -2.44. The Morgan fingerprint density at radius 2 is 1.90 bits per heavy atom. The Kier molecular flexibility index (Phi) is 4.64. The highest BCUT2D eigenvalue weighted by atomic mass is 16.4. The Morgan fingerprint density at radius 1 is 1.29 bits per heavy atom. The molecule has 2 rings (SSSR count). The Labute approximate surface area is 127 Å². The largest absolute Gasteiger partial charge is 0.481 e. The average molecular weight is 295 g/mol. The molecule has 3 atom stereocenters. The molecule has 1 amide bonds. The van der Waals surface area contributed by atoms with E-state index >= 15 is 0 Å². The standard InChI is InChI=1S/C17H29NO3/c1-11-7-13(9-17(3,4)8-11)15(19)18(14-5-6-14)10-12(2)16(20)21/h11-14H,5-10H2,1-4H3,(H,20,21). The van der Waals surface area contributed by atoms with Gasteiger partial charge in [-0.1, -0.05) is 27.7 Å². The van der Waals surface area contributed by atoms with Gasteiger partial charge in [0.2, 0.25) is 5.91 Å². The Bertz CT molecular complexity index is 414. The molecule has 0 spiro atoms. The zero-order valence-electron chi connectivity index (χ0n) is 13.8. The van der Waals surface area contributed by atoms with Crippen molar-refractivity contribution in [3.8, 4) is 0 Å². The molecule has 0 radical (unpaired) electrons. The van der Waals surface area contributed by atoms with Crippen LogP contribution in [0.5, 0.6) is 0 Å². The number of rotatable bonds is 5. The molecular weight excluding hydrogens is 266 g/mol. The summed E-state index contributed by atoms with van der Waals surface area (Å²) in [5, 5.41) is 9.11. The quantitative estimate of drug-likeness (QED) is 0.847. The minimum absolute atomic E-state index is 0.0744. The minimum atomic E-state index is -0.814. The van der Waals surface area contributed by atoms with Gasteiger partial charge in [0.15, 0.2) is 0 Å². The van der Waals surface area contributed by atoms with Gasteiger partial charge in [-0.3, -0.25) is 9.59 Å². The van der Waals surface area contributed by atoms with E-state index in [0.717, 1.165) is 25.7 Å². The summed E-state index contributed by atoms with van der Waals surface area (Å²) in [6, 6.07) is 0.291. The summed E-state index contributed by atoms with van der Waals surface area (Å²) in [6.07, 6.45) is 5.12. The van der Waals surface area contributed by atoms with Crippen molar-refractivity contribution in [1.82, 2.24) is 4.90 Å². The maximum atomic E-state index is 12.9. The normalized spacial score (nSPS) is 29.7. The van der Waals surface area contributed by atoms with Gasteiger partial charge < -0.3 is 10.0 Å². The number of hydrogen-bond acceptors (Lipinski definition) is 2. The van der Waals surface area contributed by atoms with Crippen LogP contribution in [0.15, 0.2) is 0 Å². The third-order valence-corrected chi connectivity index (χ3v) is 4.90. The lowest BCUT2D eigenvalue weighted by Gasteiger charge is -2.40. The summed E-state index contributed by atoms with van der Waals surface area (Å²) < 4.78 is 0. The predicted octanol–water partition coefficient (Wildman–Crippen LogP) is 3.16. The molecule has 0 aliphatic heterocycles. The smallest absolute Gasteiger partial charge is 0.308 e. The Balaban J connectivity index is 2.06. The molecule has 0 bridgehead atoms. The van der Waals surface area contributed by atoms with E-state index in [1.54, 1.807) is 6.92 Å². The van der Waals surface area contributed by atoms with Crippen molar-refractivity contribution < 1.29 is 14.7 Å². The number of carboxylic acids is 1. The number of carboxylic acid groups (broad SMARTS) is 1. The molecule has 0 aromatic carbocycles. The average Bonchev–Trinajstić information content (AvgIpc) is 3.16. The van der Waals surface area contributed by atoms with E-state index in [4.69, 9.17) is 5.11 Å². The highest BCUT2D eigenvalue weighted by Crippen LogP contribution is 2.43. The van der Waals surface area contributed by atoms with Gasteiger partial charge in [0.25, 0.3) is 0 Å². The highest BCUT2D eigenvalue weighted by Gasteiger charge is 2.41. The van der Waals surface area contributed by atoms with Gasteiger partial charge in [0.1, 0.15) is 0 Å². The number of hydrogen-bond donors (Lipinski definition) is 1. The molecule has 2 aliphatic carbocycles. The van der Waals surface area contributed by atoms with Crippen LogP contribution in [0.25, 0.3) is 0 Å². The molecule has 0 saturated heterocycles. The zero-order chi connectivity index (χ0) is 15.8. The van der Waals surface area contributed by atoms with Gasteiger partial charge in [-0.15, -0.1) is 0 Å². The molecule has 1 N–H and O–H groups in total. The van der Waals surface area contributed by atoms with E-state index in [1.165, 1.54) is 6.42 Å². The van der Waals surface area contributed by atoms with Gasteiger partial charge >= 0.3 is 5.97 Å². The van der Waals surface area contributed by atoms with Crippen LogP contribution >= 0.6 is 0 Å². The summed E-state index contributed by atoms with van der Waals surface area (Å²) in [7, 11) is 0. The number of amides is 1. The first-order valence-electron chi connectivity index (χ1n) is 8.23. The van der Waals surface area contributed by atoms with Crippen molar-refractivity contribution in [3.63, 3.8) is 0 Å². The molecule has 21 heavy (non-hydrogen) atoms. The first-order valence-corrected chi connectivity index (χ1v) is 8.23. The molecule has 2 saturated carbocycles. The second kappa shape index (κ2) is 5.98. The second-order valence-corrected chi connectivity index (χ2v) is 8.07. The van der Waals surface area contributed by atoms with Crippen molar-refractivity contribution >= 4 is 11.9 Å². The molecule has 2 aliphatic rings. The van der Waals surface area contributed by atoms with Crippen molar-refractivity contribution in [2.24, 2.45) is 23.2 Å². The van der Waals surface area contributed by atoms with Gasteiger partial charge in [0.05, 0.1) is 5.92 Å². The van der Waals surface area contributed by atoms with Crippen LogP contribution in [0.1, 0.15) is 59.8 Å². The topological polar surface area (TPSA) is 57.6 Å². The summed E-state index contributed by atoms with van der Waals surface area (Å²) in [4.78, 5) is 25.9. The molecule has 4 nitrogen and oxygen atoms in total. The lowest BCUT2D eigenvalue weighted by molar-refractivity contribution is -0.145. The van der Waals surface area contributed by atoms with Gasteiger partial charge in [-0.25, -0.2) is 0 Å². The summed E-state index contributed by atoms with van der Waals surface area (Å²) in [5.74, 6) is -0.453. The maximum absolute atomic E-state index is 12.9. The zero-order valence-corrected chi connectivity index (χ0v) is 13.8. The molecular formula is C17H29NO3. The van der Waals surface area contributed by atoms with Crippen molar-refractivity contribution in [3.05, 3.63) is 0 Å². The van der Waals surface area contributed by atoms with E-state index in [1.807, 2.05) is 4.90 Å². The lowest BCUT2D eigenvalue weighted by atomic mass is 9.67. The molecule has 0 heterocycles. The molecule has 120 valence electrons. The Hall–Kier alpha value is -1.06. The first-order chi connectivity index (χ1) is 9.69. The van der Waals surface area contributed by atoms with Crippen LogP contribution in [0.3, 0.4) is 0 Å². The fraction of sp³-hybridized carbons (Fsp3) is 0.882. The van der Waals surface area contributed by atoms with Crippen molar-refractivity contribution in [2.45, 2.75) is 65.8 Å². The van der Waals surface area contributed by atoms with E-state index < -0.39 is 11.9 Å². The number of aliphatic carboxylic acids is 1. The fourth-order valence-electron chi connectivity index (χ4n) is 3.95. The minimum Gasteiger partial charge on any atom is -0.481 e. The number of nitrogens with zero attached hydrogens (tertiary/aromatic N) is 1. The molecule has 3 unspecified atom stereocenters. The first kappa shape index (κ1) is 16.3. The molecule has 2 fully saturated rings. The second-order valence-electron chi connectivity index (χ2n) is 8.07. The van der Waals surface area contributed by atoms with Crippen LogP contribution in [0, 0.1) is 23.2 Å². The summed E-state index contributed by atoms with van der Waals surface area (Å²) >= 11 is 0. The van der Waals surface area contributed by atoms with Crippen LogP contribution in [0.2, 0.25) is 0 Å². The van der Waals surface area contributed by atoms with Crippen molar-refractivity contribution in [1.29, 1.82) is 0 Å². The van der Waals surface area contributed by atoms with E-state index in [-0.39, 0.29) is 17.2 Å². The van der Waals surface area contributed by atoms with E-state index in [9.17, 15) is 9.59 Å².